The van der Waals surface area contributed by atoms with Crippen LogP contribution in [0.25, 0.3) is 0 Å². The third-order valence-electron chi connectivity index (χ3n) is 4.12. The van der Waals surface area contributed by atoms with Gasteiger partial charge in [0.15, 0.2) is 5.78 Å². The van der Waals surface area contributed by atoms with Gasteiger partial charge >= 0.3 is 6.01 Å². The summed E-state index contributed by atoms with van der Waals surface area (Å²) in [6.07, 6.45) is 7.57. The molecule has 0 aromatic carbocycles. The lowest BCUT2D eigenvalue weighted by molar-refractivity contribution is 0.0935. The zero-order valence-corrected chi connectivity index (χ0v) is 15.7. The smallest absolute Gasteiger partial charge is 0.320 e. The molecular weight excluding hydrogens is 330 g/mol. The highest BCUT2D eigenvalue weighted by Gasteiger charge is 2.29. The number of carbonyl (C=O) groups excluding carboxylic acids is 1. The average molecular weight is 353 g/mol. The Morgan fingerprint density at radius 1 is 1.35 bits per heavy atom. The number of allylic oxidation sites excluding steroid dienone is 6. The molecule has 1 aromatic heterocycles. The van der Waals surface area contributed by atoms with Gasteiger partial charge in [0.05, 0.1) is 20.3 Å². The Labute approximate surface area is 153 Å². The summed E-state index contributed by atoms with van der Waals surface area (Å²) < 4.78 is 10.5. The zero-order valence-electron chi connectivity index (χ0n) is 15.7. The first-order valence-electron chi connectivity index (χ1n) is 8.40. The SMILES string of the molecule is COc1nc(OC)c(C(C)C)c(C(=O)C2C=C(C)C=C(/C=C/C#N)C2)n1. The molecule has 0 amide bonds. The molecule has 6 heteroatoms. The van der Waals surface area contributed by atoms with Crippen LogP contribution in [-0.4, -0.2) is 30.0 Å². The van der Waals surface area contributed by atoms with Gasteiger partial charge in [-0.25, -0.2) is 0 Å². The van der Waals surface area contributed by atoms with Crippen molar-refractivity contribution in [3.05, 3.63) is 46.7 Å². The minimum Gasteiger partial charge on any atom is -0.481 e. The fourth-order valence-electron chi connectivity index (χ4n) is 3.02. The molecule has 6 nitrogen and oxygen atoms in total. The zero-order chi connectivity index (χ0) is 19.3. The Kier molecular flexibility index (Phi) is 6.29. The van der Waals surface area contributed by atoms with Crippen LogP contribution >= 0.6 is 0 Å². The summed E-state index contributed by atoms with van der Waals surface area (Å²) in [5.41, 5.74) is 2.91. The maximum Gasteiger partial charge on any atom is 0.320 e. The number of rotatable bonds is 6. The molecule has 0 radical (unpaired) electrons. The second kappa shape index (κ2) is 8.43. The molecule has 1 aromatic rings. The maximum atomic E-state index is 13.3. The third-order valence-corrected chi connectivity index (χ3v) is 4.12. The van der Waals surface area contributed by atoms with Crippen LogP contribution in [0.2, 0.25) is 0 Å². The summed E-state index contributed by atoms with van der Waals surface area (Å²) in [6, 6.07) is 2.08. The largest absolute Gasteiger partial charge is 0.481 e. The lowest BCUT2D eigenvalue weighted by Crippen LogP contribution is -2.21. The van der Waals surface area contributed by atoms with Crippen LogP contribution in [-0.2, 0) is 0 Å². The predicted octanol–water partition coefficient (Wildman–Crippen LogP) is 3.77. The van der Waals surface area contributed by atoms with E-state index >= 15 is 0 Å². The van der Waals surface area contributed by atoms with E-state index < -0.39 is 0 Å². The Morgan fingerprint density at radius 3 is 2.65 bits per heavy atom. The van der Waals surface area contributed by atoms with Gasteiger partial charge in [0.1, 0.15) is 5.69 Å². The highest BCUT2D eigenvalue weighted by molar-refractivity contribution is 5.99. The summed E-state index contributed by atoms with van der Waals surface area (Å²) in [6.45, 7) is 5.87. The lowest BCUT2D eigenvalue weighted by atomic mass is 9.85. The molecule has 1 heterocycles. The van der Waals surface area contributed by atoms with Crippen molar-refractivity contribution in [2.45, 2.75) is 33.1 Å². The number of methoxy groups -OCH3 is 2. The van der Waals surface area contributed by atoms with Gasteiger partial charge < -0.3 is 9.47 Å². The minimum absolute atomic E-state index is 0.0111. The predicted molar refractivity (Wildman–Crippen MR) is 98.3 cm³/mol. The van der Waals surface area contributed by atoms with Gasteiger partial charge in [0.2, 0.25) is 5.88 Å². The minimum atomic E-state index is -0.361. The first-order chi connectivity index (χ1) is 12.4. The van der Waals surface area contributed by atoms with E-state index in [1.807, 2.05) is 39.0 Å². The van der Waals surface area contributed by atoms with E-state index in [1.165, 1.54) is 20.3 Å². The van der Waals surface area contributed by atoms with Crippen molar-refractivity contribution in [1.82, 2.24) is 9.97 Å². The van der Waals surface area contributed by atoms with Crippen molar-refractivity contribution in [2.75, 3.05) is 14.2 Å². The third kappa shape index (κ3) is 4.17. The van der Waals surface area contributed by atoms with E-state index in [1.54, 1.807) is 6.08 Å². The highest BCUT2D eigenvalue weighted by atomic mass is 16.5. The number of hydrogen-bond acceptors (Lipinski definition) is 6. The molecular formula is C20H23N3O3. The molecule has 0 aliphatic heterocycles. The van der Waals surface area contributed by atoms with Gasteiger partial charge in [-0.05, 0) is 30.9 Å². The summed E-state index contributed by atoms with van der Waals surface area (Å²) in [4.78, 5) is 21.8. The van der Waals surface area contributed by atoms with E-state index in [9.17, 15) is 4.79 Å². The number of ketones is 1. The average Bonchev–Trinajstić information content (AvgIpc) is 2.63. The second-order valence-electron chi connectivity index (χ2n) is 6.40. The van der Waals surface area contributed by atoms with Crippen LogP contribution in [0.1, 0.15) is 49.2 Å². The molecule has 2 rings (SSSR count). The standard InChI is InChI=1S/C20H23N3O3/c1-12(2)16-17(22-20(26-5)23-19(16)25-4)18(24)15-10-13(3)9-14(11-15)7-6-8-21/h6-7,9-10,12,15H,11H2,1-5H3/b7-6+. The van der Waals surface area contributed by atoms with Crippen LogP contribution in [0.15, 0.2) is 35.5 Å². The quantitative estimate of drug-likeness (QED) is 0.571. The van der Waals surface area contributed by atoms with Crippen molar-refractivity contribution >= 4 is 5.78 Å². The summed E-state index contributed by atoms with van der Waals surface area (Å²) >= 11 is 0. The summed E-state index contributed by atoms with van der Waals surface area (Å²) in [7, 11) is 2.97. The summed E-state index contributed by atoms with van der Waals surface area (Å²) in [5, 5.41) is 8.74. The molecule has 1 aliphatic carbocycles. The van der Waals surface area contributed by atoms with Gasteiger partial charge in [-0.1, -0.05) is 31.6 Å². The van der Waals surface area contributed by atoms with Crippen molar-refractivity contribution < 1.29 is 14.3 Å². The topological polar surface area (TPSA) is 85.1 Å². The number of Topliss-reactive ketones (excluding diaryl/α,β-unsaturated/α-hetero) is 1. The monoisotopic (exact) mass is 353 g/mol. The van der Waals surface area contributed by atoms with Crippen LogP contribution in [0.3, 0.4) is 0 Å². The molecule has 1 unspecified atom stereocenters. The molecule has 26 heavy (non-hydrogen) atoms. The van der Waals surface area contributed by atoms with E-state index in [0.717, 1.165) is 11.1 Å². The first-order valence-corrected chi connectivity index (χ1v) is 8.40. The van der Waals surface area contributed by atoms with Gasteiger partial charge in [0.25, 0.3) is 0 Å². The van der Waals surface area contributed by atoms with E-state index in [4.69, 9.17) is 14.7 Å². The van der Waals surface area contributed by atoms with E-state index in [2.05, 4.69) is 9.97 Å². The second-order valence-corrected chi connectivity index (χ2v) is 6.40. The Morgan fingerprint density at radius 2 is 2.08 bits per heavy atom. The Balaban J connectivity index is 2.48. The molecule has 0 bridgehead atoms. The lowest BCUT2D eigenvalue weighted by Gasteiger charge is -2.21. The number of carbonyl (C=O) groups is 1. The molecule has 0 saturated heterocycles. The van der Waals surface area contributed by atoms with Crippen LogP contribution in [0.5, 0.6) is 11.9 Å². The maximum absolute atomic E-state index is 13.3. The number of nitriles is 1. The van der Waals surface area contributed by atoms with Gasteiger partial charge in [-0.3, -0.25) is 4.79 Å². The molecule has 0 fully saturated rings. The Hall–Kier alpha value is -2.94. The van der Waals surface area contributed by atoms with Crippen LogP contribution in [0.4, 0.5) is 0 Å². The Bertz CT molecular complexity index is 829. The van der Waals surface area contributed by atoms with Gasteiger partial charge in [0, 0.05) is 17.6 Å². The highest BCUT2D eigenvalue weighted by Crippen LogP contribution is 2.33. The van der Waals surface area contributed by atoms with Gasteiger partial charge in [-0.15, -0.1) is 0 Å². The molecule has 1 aliphatic rings. The van der Waals surface area contributed by atoms with Crippen LogP contribution < -0.4 is 9.47 Å². The first kappa shape index (κ1) is 19.4. The number of ether oxygens (including phenoxy) is 2. The van der Waals surface area contributed by atoms with Crippen molar-refractivity contribution in [2.24, 2.45) is 5.92 Å². The molecule has 1 atom stereocenters. The van der Waals surface area contributed by atoms with Crippen molar-refractivity contribution in [3.63, 3.8) is 0 Å². The fourth-order valence-corrected chi connectivity index (χ4v) is 3.02. The van der Waals surface area contributed by atoms with Crippen LogP contribution in [0, 0.1) is 17.2 Å². The number of nitrogens with zero attached hydrogens (tertiary/aromatic N) is 3. The van der Waals surface area contributed by atoms with Crippen molar-refractivity contribution in [3.8, 4) is 18.0 Å². The number of aromatic nitrogens is 2. The van der Waals surface area contributed by atoms with Crippen molar-refractivity contribution in [1.29, 1.82) is 5.26 Å². The van der Waals surface area contributed by atoms with E-state index in [-0.39, 0.29) is 23.6 Å². The van der Waals surface area contributed by atoms with Gasteiger partial charge in [-0.2, -0.15) is 15.2 Å². The summed E-state index contributed by atoms with van der Waals surface area (Å²) in [5.74, 6) is -0.105. The molecule has 0 saturated carbocycles. The molecule has 0 spiro atoms. The molecule has 136 valence electrons. The normalized spacial score (nSPS) is 16.9. The molecule has 0 N–H and O–H groups in total. The van der Waals surface area contributed by atoms with E-state index in [0.29, 0.717) is 23.6 Å². The number of hydrogen-bond donors (Lipinski definition) is 0. The fraction of sp³-hybridized carbons (Fsp3) is 0.400.